The van der Waals surface area contributed by atoms with Gasteiger partial charge in [0, 0.05) is 43.5 Å². The number of hydrogen-bond donors (Lipinski definition) is 2. The van der Waals surface area contributed by atoms with E-state index < -0.39 is 17.8 Å². The quantitative estimate of drug-likeness (QED) is 0.355. The highest BCUT2D eigenvalue weighted by atomic mass is 19.1. The lowest BCUT2D eigenvalue weighted by atomic mass is 9.97. The third kappa shape index (κ3) is 6.58. The summed E-state index contributed by atoms with van der Waals surface area (Å²) >= 11 is 0. The van der Waals surface area contributed by atoms with Gasteiger partial charge in [-0.05, 0) is 94.3 Å². The number of aryl methyl sites for hydroxylation is 2. The molecule has 2 aromatic rings. The van der Waals surface area contributed by atoms with E-state index >= 15 is 4.39 Å². The number of ether oxygens (including phenoxy) is 2. The van der Waals surface area contributed by atoms with Crippen LogP contribution in [0.2, 0.25) is 0 Å². The Bertz CT molecular complexity index is 1170. The number of likely N-dealkylation sites (tertiary alicyclic amines) is 1. The van der Waals surface area contributed by atoms with Gasteiger partial charge in [0.2, 0.25) is 0 Å². The largest absolute Gasteiger partial charge is 0.493 e. The van der Waals surface area contributed by atoms with Crippen LogP contribution in [0.1, 0.15) is 79.5 Å². The van der Waals surface area contributed by atoms with Gasteiger partial charge >= 0.3 is 5.97 Å². The van der Waals surface area contributed by atoms with Gasteiger partial charge in [0.05, 0.1) is 13.2 Å². The van der Waals surface area contributed by atoms with E-state index in [2.05, 4.69) is 29.4 Å². The maximum Gasteiger partial charge on any atom is 0.325 e. The minimum absolute atomic E-state index is 0.00940. The van der Waals surface area contributed by atoms with Crippen LogP contribution in [-0.4, -0.2) is 78.8 Å². The van der Waals surface area contributed by atoms with E-state index in [1.165, 1.54) is 25.2 Å². The van der Waals surface area contributed by atoms with Crippen molar-refractivity contribution in [1.82, 2.24) is 14.8 Å². The van der Waals surface area contributed by atoms with Gasteiger partial charge in [0.1, 0.15) is 11.9 Å². The van der Waals surface area contributed by atoms with Crippen molar-refractivity contribution < 1.29 is 23.8 Å². The smallest absolute Gasteiger partial charge is 0.325 e. The second-order valence-electron chi connectivity index (χ2n) is 11.4. The van der Waals surface area contributed by atoms with E-state index in [9.17, 15) is 9.90 Å². The summed E-state index contributed by atoms with van der Waals surface area (Å²) in [6.07, 6.45) is 8.97. The normalized spacial score (nSPS) is 21.8. The Kier molecular flexibility index (Phi) is 9.55. The molecule has 3 atom stereocenters. The third-order valence-electron chi connectivity index (χ3n) is 8.71. The van der Waals surface area contributed by atoms with E-state index in [-0.39, 0.29) is 17.9 Å². The molecule has 0 aliphatic carbocycles. The Morgan fingerprint density at radius 2 is 2.15 bits per heavy atom. The second kappa shape index (κ2) is 13.3. The van der Waals surface area contributed by atoms with Gasteiger partial charge in [-0.1, -0.05) is 12.5 Å². The average Bonchev–Trinajstić information content (AvgIpc) is 3.66. The van der Waals surface area contributed by atoms with Crippen LogP contribution in [0.4, 0.5) is 10.2 Å². The number of likely N-dealkylation sites (N-methyl/N-ethyl adjacent to an activating group) is 1. The third-order valence-corrected chi connectivity index (χ3v) is 8.71. The number of halogens is 1. The number of hydrogen-bond acceptors (Lipinski definition) is 7. The second-order valence-corrected chi connectivity index (χ2v) is 11.4. The Morgan fingerprint density at radius 1 is 1.27 bits per heavy atom. The lowest BCUT2D eigenvalue weighted by molar-refractivity contribution is -0.143. The lowest BCUT2D eigenvalue weighted by Gasteiger charge is -2.29. The molecule has 218 valence electrons. The summed E-state index contributed by atoms with van der Waals surface area (Å²) < 4.78 is 26.2. The number of fused-ring (bicyclic) bond motifs is 1. The topological polar surface area (TPSA) is 87.2 Å². The molecule has 0 amide bonds. The van der Waals surface area contributed by atoms with E-state index in [4.69, 9.17) is 14.5 Å². The number of unbranched alkanes of at least 4 members (excludes halogenated alkanes) is 2. The molecule has 0 unspecified atom stereocenters. The number of rotatable bonds is 12. The molecule has 8 nitrogen and oxygen atoms in total. The SMILES string of the molecule is COc1c(F)cc([C@H]2CCCO2)cc1[C@H](C(=O)O)N1CC[C@@H](N(C)CCCCCc2ccc3c(n2)NCCC3)C1. The van der Waals surface area contributed by atoms with Gasteiger partial charge in [-0.25, -0.2) is 9.37 Å². The number of anilines is 1. The fourth-order valence-electron chi connectivity index (χ4n) is 6.46. The average molecular weight is 555 g/mol. The fourth-order valence-corrected chi connectivity index (χ4v) is 6.46. The summed E-state index contributed by atoms with van der Waals surface area (Å²) in [4.78, 5) is 21.6. The number of pyridine rings is 1. The first-order valence-corrected chi connectivity index (χ1v) is 14.8. The van der Waals surface area contributed by atoms with Crippen molar-refractivity contribution >= 4 is 11.8 Å². The van der Waals surface area contributed by atoms with E-state index in [1.54, 1.807) is 6.07 Å². The summed E-state index contributed by atoms with van der Waals surface area (Å²) in [5.41, 5.74) is 3.54. The molecule has 5 rings (SSSR count). The first-order valence-electron chi connectivity index (χ1n) is 14.8. The number of aliphatic carboxylic acids is 1. The van der Waals surface area contributed by atoms with E-state index in [0.717, 1.165) is 76.0 Å². The van der Waals surface area contributed by atoms with Gasteiger partial charge in [-0.15, -0.1) is 0 Å². The molecule has 40 heavy (non-hydrogen) atoms. The highest BCUT2D eigenvalue weighted by Crippen LogP contribution is 2.39. The minimum atomic E-state index is -0.989. The molecule has 3 aliphatic rings. The monoisotopic (exact) mass is 554 g/mol. The number of methoxy groups -OCH3 is 1. The number of aromatic nitrogens is 1. The molecule has 0 saturated carbocycles. The molecular formula is C31H43FN4O4. The molecule has 9 heteroatoms. The molecule has 4 heterocycles. The first-order chi connectivity index (χ1) is 19.4. The molecule has 2 N–H and O–H groups in total. The van der Waals surface area contributed by atoms with Crippen LogP contribution in [0.3, 0.4) is 0 Å². The standard InChI is InChI=1S/C31H43FN4O4/c1-35(15-5-3-4-9-23-12-11-21-8-6-14-33-30(21)34-23)24-13-16-36(20-24)28(31(37)38)25-18-22(27-10-7-17-40-27)19-26(32)29(25)39-2/h11-12,18-19,24,27-28H,3-10,13-17,20H2,1-2H3,(H,33,34)(H,37,38)/t24-,27-,28-/m1/s1. The zero-order valence-corrected chi connectivity index (χ0v) is 23.8. The summed E-state index contributed by atoms with van der Waals surface area (Å²) in [6.45, 7) is 3.86. The lowest BCUT2D eigenvalue weighted by Crippen LogP contribution is -2.38. The van der Waals surface area contributed by atoms with Crippen LogP contribution in [0, 0.1) is 5.82 Å². The molecular weight excluding hydrogens is 511 g/mol. The zero-order valence-electron chi connectivity index (χ0n) is 23.8. The minimum Gasteiger partial charge on any atom is -0.493 e. The highest BCUT2D eigenvalue weighted by molar-refractivity contribution is 5.77. The number of carboxylic acid groups (broad SMARTS) is 1. The summed E-state index contributed by atoms with van der Waals surface area (Å²) in [6, 6.07) is 6.88. The zero-order chi connectivity index (χ0) is 28.1. The van der Waals surface area contributed by atoms with Crippen molar-refractivity contribution in [3.05, 3.63) is 52.5 Å². The van der Waals surface area contributed by atoms with Crippen LogP contribution >= 0.6 is 0 Å². The molecule has 3 aliphatic heterocycles. The van der Waals surface area contributed by atoms with Gasteiger partial charge in [0.25, 0.3) is 0 Å². The number of carbonyl (C=O) groups is 1. The Morgan fingerprint density at radius 3 is 2.92 bits per heavy atom. The molecule has 0 bridgehead atoms. The number of carboxylic acids is 1. The molecule has 2 fully saturated rings. The predicted molar refractivity (Wildman–Crippen MR) is 152 cm³/mol. The van der Waals surface area contributed by atoms with Crippen molar-refractivity contribution in [3.63, 3.8) is 0 Å². The van der Waals surface area contributed by atoms with Crippen molar-refractivity contribution in [2.24, 2.45) is 0 Å². The van der Waals surface area contributed by atoms with Crippen molar-refractivity contribution in [2.45, 2.75) is 76.0 Å². The fraction of sp³-hybridized carbons (Fsp3) is 0.613. The van der Waals surface area contributed by atoms with Gasteiger partial charge in [0.15, 0.2) is 11.6 Å². The van der Waals surface area contributed by atoms with E-state index in [1.807, 2.05) is 4.90 Å². The number of nitrogens with one attached hydrogen (secondary N) is 1. The Hall–Kier alpha value is -2.75. The summed E-state index contributed by atoms with van der Waals surface area (Å²) in [7, 11) is 3.52. The molecule has 0 radical (unpaired) electrons. The summed E-state index contributed by atoms with van der Waals surface area (Å²) in [5.74, 6) is -0.453. The van der Waals surface area contributed by atoms with Crippen LogP contribution < -0.4 is 10.1 Å². The van der Waals surface area contributed by atoms with Crippen LogP contribution in [-0.2, 0) is 22.4 Å². The maximum atomic E-state index is 15.1. The predicted octanol–water partition coefficient (Wildman–Crippen LogP) is 4.98. The molecule has 2 saturated heterocycles. The van der Waals surface area contributed by atoms with Crippen molar-refractivity contribution in [3.8, 4) is 5.75 Å². The first kappa shape index (κ1) is 28.8. The van der Waals surface area contributed by atoms with Gasteiger partial charge in [-0.3, -0.25) is 9.69 Å². The maximum absolute atomic E-state index is 15.1. The van der Waals surface area contributed by atoms with Crippen LogP contribution in [0.5, 0.6) is 5.75 Å². The number of benzene rings is 1. The molecule has 1 aromatic heterocycles. The Balaban J connectivity index is 1.14. The van der Waals surface area contributed by atoms with Crippen molar-refractivity contribution in [1.29, 1.82) is 0 Å². The molecule has 0 spiro atoms. The molecule has 1 aromatic carbocycles. The highest BCUT2D eigenvalue weighted by Gasteiger charge is 2.38. The van der Waals surface area contributed by atoms with Crippen LogP contribution in [0.15, 0.2) is 24.3 Å². The Labute approximate surface area is 236 Å². The van der Waals surface area contributed by atoms with Gasteiger partial charge in [-0.2, -0.15) is 0 Å². The summed E-state index contributed by atoms with van der Waals surface area (Å²) in [5, 5.41) is 13.7. The van der Waals surface area contributed by atoms with E-state index in [0.29, 0.717) is 30.8 Å². The number of nitrogens with zero attached hydrogens (tertiary/aromatic N) is 3. The van der Waals surface area contributed by atoms with Crippen molar-refractivity contribution in [2.75, 3.05) is 52.3 Å². The van der Waals surface area contributed by atoms with Crippen LogP contribution in [0.25, 0.3) is 0 Å². The van der Waals surface area contributed by atoms with Gasteiger partial charge < -0.3 is 24.8 Å².